The fourth-order valence-electron chi connectivity index (χ4n) is 1.53. The van der Waals surface area contributed by atoms with Gasteiger partial charge in [0.1, 0.15) is 21.6 Å². The molecular weight excluding hydrogens is 330 g/mol. The van der Waals surface area contributed by atoms with Gasteiger partial charge in [0, 0.05) is 18.2 Å². The molecule has 0 bridgehead atoms. The summed E-state index contributed by atoms with van der Waals surface area (Å²) >= 11 is 0. The third kappa shape index (κ3) is 6.02. The molecule has 0 aromatic heterocycles. The highest BCUT2D eigenvalue weighted by Crippen LogP contribution is 2.20. The lowest BCUT2D eigenvalue weighted by atomic mass is 10.2. The van der Waals surface area contributed by atoms with Crippen molar-refractivity contribution in [1.82, 2.24) is 0 Å². The first-order valence-electron chi connectivity index (χ1n) is 5.54. The first-order chi connectivity index (χ1) is 9.36. The lowest BCUT2D eigenvalue weighted by Crippen LogP contribution is -2.61. The van der Waals surface area contributed by atoms with E-state index in [0.717, 1.165) is 0 Å². The van der Waals surface area contributed by atoms with Crippen molar-refractivity contribution in [2.45, 2.75) is 4.90 Å². The monoisotopic (exact) mass is 347 g/mol. The molecule has 0 amide bonds. The summed E-state index contributed by atoms with van der Waals surface area (Å²) in [6.07, 6.45) is 1.48. The molecule has 0 aliphatic rings. The van der Waals surface area contributed by atoms with Crippen molar-refractivity contribution in [1.29, 1.82) is 0 Å². The highest BCUT2D eigenvalue weighted by molar-refractivity contribution is 7.85. The Kier molecular flexibility index (Phi) is 8.74. The van der Waals surface area contributed by atoms with E-state index >= 15 is 0 Å². The smallest absolute Gasteiger partial charge is 0.203 e. The number of phenolic OH excluding ortho intramolecular Hbond substituents is 2. The van der Waals surface area contributed by atoms with Crippen LogP contribution in [0.2, 0.25) is 0 Å². The largest absolute Gasteiger partial charge is 0.744 e. The fourth-order valence-corrected chi connectivity index (χ4v) is 2.00. The van der Waals surface area contributed by atoms with Gasteiger partial charge in [0.15, 0.2) is 6.21 Å². The molecule has 23 heavy (non-hydrogen) atoms. The van der Waals surface area contributed by atoms with Crippen molar-refractivity contribution in [3.8, 4) is 11.5 Å². The number of rotatable bonds is 3. The van der Waals surface area contributed by atoms with Gasteiger partial charge in [-0.2, -0.15) is 0 Å². The van der Waals surface area contributed by atoms with Gasteiger partial charge in [-0.25, -0.2) is 13.4 Å². The highest BCUT2D eigenvalue weighted by Gasteiger charge is 2.04. The summed E-state index contributed by atoms with van der Waals surface area (Å²) in [5.74, 6) is -0.152. The molecule has 0 unspecified atom stereocenters. The number of phenols is 2. The van der Waals surface area contributed by atoms with E-state index in [2.05, 4.69) is 4.99 Å². The first kappa shape index (κ1) is 22.8. The van der Waals surface area contributed by atoms with Gasteiger partial charge >= 0.3 is 0 Å². The van der Waals surface area contributed by atoms with Gasteiger partial charge in [0.2, 0.25) is 5.69 Å². The average Bonchev–Trinajstić information content (AvgIpc) is 2.37. The summed E-state index contributed by atoms with van der Waals surface area (Å²) in [7, 11) is -4.45. The third-order valence-corrected chi connectivity index (χ3v) is 3.40. The van der Waals surface area contributed by atoms with Gasteiger partial charge < -0.3 is 31.2 Å². The van der Waals surface area contributed by atoms with Crippen LogP contribution in [0.15, 0.2) is 47.4 Å². The van der Waals surface area contributed by atoms with E-state index < -0.39 is 10.1 Å². The molecule has 9 N–H and O–H groups in total. The lowest BCUT2D eigenvalue weighted by molar-refractivity contribution is -0.346. The van der Waals surface area contributed by atoms with Crippen molar-refractivity contribution < 1.29 is 44.6 Å². The Bertz CT molecular complexity index is 756. The molecule has 0 spiro atoms. The molecule has 0 saturated carbocycles. The van der Waals surface area contributed by atoms with Crippen LogP contribution < -0.4 is 4.99 Å². The molecule has 0 radical (unpaired) electrons. The van der Waals surface area contributed by atoms with E-state index in [-0.39, 0.29) is 32.8 Å². The van der Waals surface area contributed by atoms with E-state index in [1.165, 1.54) is 48.7 Å². The van der Waals surface area contributed by atoms with Gasteiger partial charge in [-0.1, -0.05) is 0 Å². The Morgan fingerprint density at radius 2 is 1.52 bits per heavy atom. The van der Waals surface area contributed by atoms with Crippen molar-refractivity contribution >= 4 is 22.0 Å². The molecule has 0 fully saturated rings. The molecule has 10 heteroatoms. The third-order valence-electron chi connectivity index (χ3n) is 2.55. The van der Waals surface area contributed by atoms with Crippen LogP contribution in [0.4, 0.5) is 5.69 Å². The molecule has 0 saturated heterocycles. The summed E-state index contributed by atoms with van der Waals surface area (Å²) in [5.41, 5.74) is 0.994. The van der Waals surface area contributed by atoms with Crippen molar-refractivity contribution in [3.05, 3.63) is 48.0 Å². The number of aromatic hydroxyl groups is 2. The van der Waals surface area contributed by atoms with Gasteiger partial charge in [0.25, 0.3) is 0 Å². The quantitative estimate of drug-likeness (QED) is 0.400. The normalized spacial score (nSPS) is 10.3. The van der Waals surface area contributed by atoms with E-state index in [1.54, 1.807) is 0 Å². The minimum absolute atomic E-state index is 0. The summed E-state index contributed by atoms with van der Waals surface area (Å²) in [4.78, 5) is 2.53. The lowest BCUT2D eigenvalue weighted by Gasteiger charge is -2.04. The summed E-state index contributed by atoms with van der Waals surface area (Å²) in [5, 5.41) is 18.7. The number of hydrogen-bond donors (Lipinski definition) is 3. The predicted molar refractivity (Wildman–Crippen MR) is 80.8 cm³/mol. The minimum atomic E-state index is -4.45. The van der Waals surface area contributed by atoms with E-state index in [4.69, 9.17) is 5.11 Å². The second kappa shape index (κ2) is 8.82. The van der Waals surface area contributed by atoms with Crippen LogP contribution in [0.5, 0.6) is 11.5 Å². The van der Waals surface area contributed by atoms with Crippen LogP contribution >= 0.6 is 0 Å². The molecule has 0 aliphatic heterocycles. The van der Waals surface area contributed by atoms with E-state index in [1.807, 2.05) is 0 Å². The number of benzene rings is 2. The standard InChI is InChI=1S/C13H11NO5S.3H2O/c15-11-4-1-9(13(16)7-11)8-14-10-2-5-12(6-3-10)20(17,18)19;;;/h1-8,15-16H,(H,17,18,19);3*1H2. The second-order valence-electron chi connectivity index (χ2n) is 4.01. The molecule has 2 aromatic rings. The van der Waals surface area contributed by atoms with Crippen molar-refractivity contribution in [2.75, 3.05) is 0 Å². The first-order valence-corrected chi connectivity index (χ1v) is 6.95. The minimum Gasteiger partial charge on any atom is -0.744 e. The zero-order valence-corrected chi connectivity index (χ0v) is 12.5. The molecule has 128 valence electrons. The maximum absolute atomic E-state index is 10.8. The van der Waals surface area contributed by atoms with Crippen LogP contribution in [0.1, 0.15) is 5.56 Å². The highest BCUT2D eigenvalue weighted by atomic mass is 32.2. The van der Waals surface area contributed by atoms with Gasteiger partial charge in [-0.15, -0.1) is 0 Å². The Morgan fingerprint density at radius 3 is 2.00 bits per heavy atom. The van der Waals surface area contributed by atoms with Crippen molar-refractivity contribution in [2.24, 2.45) is 0 Å². The van der Waals surface area contributed by atoms with Crippen LogP contribution in [0.25, 0.3) is 0 Å². The molecule has 0 heterocycles. The maximum atomic E-state index is 10.8. The Labute approximate surface area is 131 Å². The van der Waals surface area contributed by atoms with Crippen LogP contribution in [-0.4, -0.2) is 45.8 Å². The average molecular weight is 347 g/mol. The number of nitrogens with one attached hydrogen (secondary N) is 1. The Balaban J connectivity index is 0. The van der Waals surface area contributed by atoms with Crippen molar-refractivity contribution in [3.63, 3.8) is 0 Å². The summed E-state index contributed by atoms with van der Waals surface area (Å²) in [6.45, 7) is 0. The summed E-state index contributed by atoms with van der Waals surface area (Å²) < 4.78 is 32.3. The molecule has 2 aromatic carbocycles. The van der Waals surface area contributed by atoms with Crippen LogP contribution in [0.3, 0.4) is 0 Å². The van der Waals surface area contributed by atoms with Crippen LogP contribution in [-0.2, 0) is 10.1 Å². The second-order valence-corrected chi connectivity index (χ2v) is 5.39. The number of hydrogen-bond acceptors (Lipinski definition) is 5. The van der Waals surface area contributed by atoms with E-state index in [0.29, 0.717) is 11.3 Å². The Morgan fingerprint density at radius 1 is 0.957 bits per heavy atom. The van der Waals surface area contributed by atoms with Gasteiger partial charge in [0.05, 0.1) is 10.5 Å². The predicted octanol–water partition coefficient (Wildman–Crippen LogP) is -2.64. The zero-order chi connectivity index (χ0) is 14.8. The van der Waals surface area contributed by atoms with Gasteiger partial charge in [-0.05, 0) is 24.3 Å². The summed E-state index contributed by atoms with van der Waals surface area (Å²) in [6, 6.07) is 9.36. The zero-order valence-electron chi connectivity index (χ0n) is 11.6. The van der Waals surface area contributed by atoms with Crippen LogP contribution in [0, 0.1) is 0 Å². The Hall–Kier alpha value is -2.50. The molecule has 2 rings (SSSR count). The molecular formula is C13H17NO8S. The molecule has 9 nitrogen and oxygen atoms in total. The molecule has 0 atom stereocenters. The fraction of sp³-hybridized carbons (Fsp3) is 0. The van der Waals surface area contributed by atoms with E-state index in [9.17, 15) is 18.1 Å². The topological polar surface area (TPSA) is 206 Å². The SMILES string of the molecule is O.O.O.O=S(=O)([O-])c1ccc([NH+]=Cc2ccc(O)cc2O)cc1. The molecule has 0 aliphatic carbocycles. The van der Waals surface area contributed by atoms with Gasteiger partial charge in [-0.3, -0.25) is 0 Å². The maximum Gasteiger partial charge on any atom is 0.203 e.